The van der Waals surface area contributed by atoms with Gasteiger partial charge in [-0.25, -0.2) is 14.6 Å². The number of hydrogen-bond acceptors (Lipinski definition) is 9. The molecule has 3 aromatic rings. The topological polar surface area (TPSA) is 124 Å². The van der Waals surface area contributed by atoms with Crippen LogP contribution in [-0.2, 0) is 35.2 Å². The molecular formula is C41H55N3O6S2. The van der Waals surface area contributed by atoms with Crippen LogP contribution in [0.15, 0.2) is 18.2 Å². The smallest absolute Gasteiger partial charge is 0.341 e. The van der Waals surface area contributed by atoms with E-state index in [9.17, 15) is 19.2 Å². The number of rotatable bonds is 14. The van der Waals surface area contributed by atoms with E-state index in [1.165, 1.54) is 22.7 Å². The van der Waals surface area contributed by atoms with Crippen LogP contribution in [0.2, 0.25) is 0 Å². The first-order valence-electron chi connectivity index (χ1n) is 19.0. The molecule has 0 aromatic carbocycles. The molecule has 0 bridgehead atoms. The van der Waals surface area contributed by atoms with Crippen molar-refractivity contribution in [3.05, 3.63) is 61.6 Å². The van der Waals surface area contributed by atoms with Crippen LogP contribution in [0.1, 0.15) is 156 Å². The Balaban J connectivity index is 1.39. The van der Waals surface area contributed by atoms with Crippen molar-refractivity contribution < 1.29 is 28.7 Å². The van der Waals surface area contributed by atoms with Gasteiger partial charge >= 0.3 is 11.9 Å². The molecule has 5 rings (SSSR count). The molecule has 3 aromatic heterocycles. The quantitative estimate of drug-likeness (QED) is 0.157. The normalized spacial score (nSPS) is 17.2. The zero-order valence-electron chi connectivity index (χ0n) is 32.1. The second-order valence-corrected chi connectivity index (χ2v) is 17.8. The standard InChI is InChI=1S/C41H55N3O6S2/c1-9-20-49-38(47)32-26-18-16-24(40(5,6)11-3)22-30(26)51-36(32)43-34(45)28-14-13-15-29(42-28)35(46)44-37-33(39(48)50-21-10-2)27-19-17-25(23-31(27)52-37)41(7,8)12-4/h13-15,24-25H,9-12,16-23H2,1-8H3,(H,43,45)(H,44,46). The largest absolute Gasteiger partial charge is 0.462 e. The Bertz CT molecular complexity index is 1680. The van der Waals surface area contributed by atoms with E-state index >= 15 is 0 Å². The third-order valence-electron chi connectivity index (χ3n) is 11.5. The summed E-state index contributed by atoms with van der Waals surface area (Å²) >= 11 is 2.87. The van der Waals surface area contributed by atoms with Gasteiger partial charge in [0.05, 0.1) is 24.3 Å². The summed E-state index contributed by atoms with van der Waals surface area (Å²) in [6, 6.07) is 4.69. The van der Waals surface area contributed by atoms with Crippen molar-refractivity contribution in [3.63, 3.8) is 0 Å². The molecule has 9 nitrogen and oxygen atoms in total. The summed E-state index contributed by atoms with van der Waals surface area (Å²) in [5.74, 6) is -0.973. The Kier molecular flexibility index (Phi) is 12.7. The van der Waals surface area contributed by atoms with Gasteiger partial charge in [-0.05, 0) is 97.3 Å². The summed E-state index contributed by atoms with van der Waals surface area (Å²) in [5, 5.41) is 6.80. The number of carbonyl (C=O) groups is 4. The lowest BCUT2D eigenvalue weighted by Crippen LogP contribution is -2.28. The molecule has 0 radical (unpaired) electrons. The number of thiophene rings is 2. The Labute approximate surface area is 316 Å². The van der Waals surface area contributed by atoms with E-state index < -0.39 is 23.8 Å². The van der Waals surface area contributed by atoms with Gasteiger partial charge in [0.1, 0.15) is 21.4 Å². The molecule has 2 unspecified atom stereocenters. The van der Waals surface area contributed by atoms with Crippen molar-refractivity contribution in [3.8, 4) is 0 Å². The van der Waals surface area contributed by atoms with E-state index in [-0.39, 0.29) is 22.2 Å². The van der Waals surface area contributed by atoms with Gasteiger partial charge in [-0.3, -0.25) is 9.59 Å². The maximum atomic E-state index is 13.7. The van der Waals surface area contributed by atoms with E-state index in [2.05, 4.69) is 57.2 Å². The lowest BCUT2D eigenvalue weighted by molar-refractivity contribution is 0.0495. The first-order valence-corrected chi connectivity index (χ1v) is 20.6. The Hall–Kier alpha value is -3.57. The van der Waals surface area contributed by atoms with Crippen LogP contribution in [-0.4, -0.2) is 42.0 Å². The minimum atomic E-state index is -0.525. The van der Waals surface area contributed by atoms with Gasteiger partial charge in [0.25, 0.3) is 11.8 Å². The number of fused-ring (bicyclic) bond motifs is 2. The summed E-state index contributed by atoms with van der Waals surface area (Å²) in [6.45, 7) is 18.1. The Morgan fingerprint density at radius 3 is 1.48 bits per heavy atom. The summed E-state index contributed by atoms with van der Waals surface area (Å²) in [5.41, 5.74) is 3.17. The van der Waals surface area contributed by atoms with Gasteiger partial charge in [-0.1, -0.05) is 74.3 Å². The molecule has 2 atom stereocenters. The molecule has 0 spiro atoms. The third-order valence-corrected chi connectivity index (χ3v) is 13.9. The van der Waals surface area contributed by atoms with Crippen molar-refractivity contribution in [2.75, 3.05) is 23.8 Å². The fourth-order valence-corrected chi connectivity index (χ4v) is 9.87. The molecule has 0 aliphatic heterocycles. The van der Waals surface area contributed by atoms with Crippen LogP contribution < -0.4 is 10.6 Å². The van der Waals surface area contributed by atoms with Crippen molar-refractivity contribution >= 4 is 56.4 Å². The summed E-state index contributed by atoms with van der Waals surface area (Å²) in [6.07, 6.45) is 8.61. The molecule has 2 aliphatic carbocycles. The van der Waals surface area contributed by atoms with Crippen molar-refractivity contribution in [2.45, 2.75) is 120 Å². The molecule has 11 heteroatoms. The highest BCUT2D eigenvalue weighted by atomic mass is 32.1. The van der Waals surface area contributed by atoms with Crippen LogP contribution in [0.5, 0.6) is 0 Å². The number of hydrogen-bond donors (Lipinski definition) is 2. The maximum absolute atomic E-state index is 13.7. The number of anilines is 2. The SMILES string of the molecule is CCCOC(=O)c1c(NC(=O)c2cccc(C(=O)Nc3sc4c(c3C(=O)OCCC)CCC(C(C)(C)CC)C4)n2)sc2c1CCC(C(C)(C)CC)C2. The van der Waals surface area contributed by atoms with E-state index in [4.69, 9.17) is 9.47 Å². The minimum absolute atomic E-state index is 0.0367. The predicted molar refractivity (Wildman–Crippen MR) is 209 cm³/mol. The first-order chi connectivity index (χ1) is 24.7. The molecule has 2 aliphatic rings. The van der Waals surface area contributed by atoms with E-state index in [1.807, 2.05) is 13.8 Å². The number of carbonyl (C=O) groups excluding carboxylic acids is 4. The third kappa shape index (κ3) is 8.46. The van der Waals surface area contributed by atoms with Gasteiger partial charge < -0.3 is 20.1 Å². The van der Waals surface area contributed by atoms with Crippen molar-refractivity contribution in [2.24, 2.45) is 22.7 Å². The van der Waals surface area contributed by atoms with Gasteiger partial charge in [0.2, 0.25) is 0 Å². The molecule has 0 fully saturated rings. The van der Waals surface area contributed by atoms with E-state index in [0.29, 0.717) is 59.0 Å². The number of nitrogens with zero attached hydrogens (tertiary/aromatic N) is 1. The Morgan fingerprint density at radius 1 is 0.712 bits per heavy atom. The lowest BCUT2D eigenvalue weighted by atomic mass is 9.69. The van der Waals surface area contributed by atoms with Gasteiger partial charge in [0, 0.05) is 9.75 Å². The molecule has 2 amide bonds. The molecule has 0 saturated carbocycles. The highest BCUT2D eigenvalue weighted by Gasteiger charge is 2.37. The second-order valence-electron chi connectivity index (χ2n) is 15.6. The number of nitrogens with one attached hydrogen (secondary N) is 2. The molecule has 0 saturated heterocycles. The number of pyridine rings is 1. The van der Waals surface area contributed by atoms with Crippen LogP contribution in [0, 0.1) is 22.7 Å². The fourth-order valence-electron chi connectivity index (χ4n) is 7.25. The van der Waals surface area contributed by atoms with Crippen LogP contribution >= 0.6 is 22.7 Å². The van der Waals surface area contributed by atoms with Gasteiger partial charge in [-0.2, -0.15) is 0 Å². The van der Waals surface area contributed by atoms with Crippen molar-refractivity contribution in [1.82, 2.24) is 4.98 Å². The van der Waals surface area contributed by atoms with Crippen molar-refractivity contribution in [1.29, 1.82) is 0 Å². The summed E-state index contributed by atoms with van der Waals surface area (Å²) in [4.78, 5) is 60.8. The maximum Gasteiger partial charge on any atom is 0.341 e. The fraction of sp³-hybridized carbons (Fsp3) is 0.585. The second kappa shape index (κ2) is 16.6. The lowest BCUT2D eigenvalue weighted by Gasteiger charge is -2.36. The Morgan fingerprint density at radius 2 is 1.12 bits per heavy atom. The van der Waals surface area contributed by atoms with Crippen LogP contribution in [0.3, 0.4) is 0 Å². The number of ether oxygens (including phenoxy) is 2. The van der Waals surface area contributed by atoms with Gasteiger partial charge in [-0.15, -0.1) is 22.7 Å². The molecule has 3 heterocycles. The van der Waals surface area contributed by atoms with E-state index in [1.54, 1.807) is 18.2 Å². The molecule has 282 valence electrons. The first kappa shape index (κ1) is 39.6. The van der Waals surface area contributed by atoms with Crippen LogP contribution in [0.25, 0.3) is 0 Å². The highest BCUT2D eigenvalue weighted by Crippen LogP contribution is 2.47. The van der Waals surface area contributed by atoms with E-state index in [0.717, 1.165) is 72.2 Å². The highest BCUT2D eigenvalue weighted by molar-refractivity contribution is 7.17. The zero-order chi connectivity index (χ0) is 37.8. The summed E-state index contributed by atoms with van der Waals surface area (Å²) in [7, 11) is 0. The van der Waals surface area contributed by atoms with Crippen LogP contribution in [0.4, 0.5) is 10.0 Å². The monoisotopic (exact) mass is 749 g/mol. The number of esters is 2. The predicted octanol–water partition coefficient (Wildman–Crippen LogP) is 9.92. The molecule has 52 heavy (non-hydrogen) atoms. The zero-order valence-corrected chi connectivity index (χ0v) is 33.7. The average Bonchev–Trinajstić information content (AvgIpc) is 3.69. The van der Waals surface area contributed by atoms with Gasteiger partial charge in [0.15, 0.2) is 0 Å². The molecule has 2 N–H and O–H groups in total. The number of aromatic nitrogens is 1. The average molecular weight is 750 g/mol. The molecular weight excluding hydrogens is 695 g/mol. The minimum Gasteiger partial charge on any atom is -0.462 e. The number of amides is 2. The summed E-state index contributed by atoms with van der Waals surface area (Å²) < 4.78 is 11.1.